The minimum atomic E-state index is -0.0226. The van der Waals surface area contributed by atoms with Crippen LogP contribution < -0.4 is 0 Å². The Hall–Kier alpha value is -2.00. The SMILES string of the molecule is CC(=CCC1=C(C)C(=O)c2ccccc2C1=O)CCCC(C)CCCC(C)CO. The topological polar surface area (TPSA) is 54.4 Å². The first-order valence-electron chi connectivity index (χ1n) is 11.0. The third-order valence-corrected chi connectivity index (χ3v) is 6.11. The Morgan fingerprint density at radius 2 is 1.55 bits per heavy atom. The molecule has 0 aromatic heterocycles. The van der Waals surface area contributed by atoms with Crippen LogP contribution in [0.5, 0.6) is 0 Å². The second-order valence-corrected chi connectivity index (χ2v) is 8.78. The van der Waals surface area contributed by atoms with E-state index in [0.29, 0.717) is 40.5 Å². The Bertz CT molecular complexity index is 785. The first-order chi connectivity index (χ1) is 13.8. The van der Waals surface area contributed by atoms with Crippen molar-refractivity contribution in [2.75, 3.05) is 6.61 Å². The monoisotopic (exact) mass is 396 g/mol. The normalized spacial score (nSPS) is 16.8. The standard InChI is InChI=1S/C26H36O3/c1-18(10-8-12-20(3)17-27)9-7-11-19(2)15-16-22-21(4)25(28)23-13-5-6-14-24(23)26(22)29/h5-6,13-15,18,20,27H,7-12,16-17H2,1-4H3. The van der Waals surface area contributed by atoms with Crippen LogP contribution in [0.1, 0.15) is 93.4 Å². The summed E-state index contributed by atoms with van der Waals surface area (Å²) in [7, 11) is 0. The fraction of sp³-hybridized carbons (Fsp3) is 0.538. The number of hydrogen-bond acceptors (Lipinski definition) is 3. The summed E-state index contributed by atoms with van der Waals surface area (Å²) in [5.74, 6) is 1.08. The number of allylic oxidation sites excluding steroid dienone is 4. The van der Waals surface area contributed by atoms with Crippen LogP contribution in [-0.2, 0) is 0 Å². The number of Topliss-reactive ketones (excluding diaryl/α,β-unsaturated/α-hetero) is 2. The number of rotatable bonds is 11. The van der Waals surface area contributed by atoms with Crippen LogP contribution in [0.15, 0.2) is 47.1 Å². The number of aliphatic hydroxyl groups is 1. The number of hydrogen-bond donors (Lipinski definition) is 1. The second kappa shape index (κ2) is 11.3. The van der Waals surface area contributed by atoms with Gasteiger partial charge in [-0.05, 0) is 51.4 Å². The highest BCUT2D eigenvalue weighted by molar-refractivity contribution is 6.26. The van der Waals surface area contributed by atoms with Crippen molar-refractivity contribution in [1.29, 1.82) is 0 Å². The highest BCUT2D eigenvalue weighted by Gasteiger charge is 2.28. The average molecular weight is 397 g/mol. The van der Waals surface area contributed by atoms with Crippen LogP contribution >= 0.6 is 0 Å². The summed E-state index contributed by atoms with van der Waals surface area (Å²) in [6.45, 7) is 8.58. The molecule has 1 aromatic carbocycles. The molecule has 0 heterocycles. The van der Waals surface area contributed by atoms with E-state index in [9.17, 15) is 9.59 Å². The van der Waals surface area contributed by atoms with Crippen molar-refractivity contribution in [3.8, 4) is 0 Å². The third-order valence-electron chi connectivity index (χ3n) is 6.11. The van der Waals surface area contributed by atoms with Crippen molar-refractivity contribution < 1.29 is 14.7 Å². The van der Waals surface area contributed by atoms with E-state index in [4.69, 9.17) is 5.11 Å². The molecule has 2 rings (SSSR count). The molecule has 2 unspecified atom stereocenters. The summed E-state index contributed by atoms with van der Waals surface area (Å²) in [4.78, 5) is 25.4. The fourth-order valence-corrected chi connectivity index (χ4v) is 3.95. The van der Waals surface area contributed by atoms with Crippen LogP contribution in [0.4, 0.5) is 0 Å². The molecule has 0 aliphatic heterocycles. The van der Waals surface area contributed by atoms with Crippen molar-refractivity contribution in [2.45, 2.75) is 72.6 Å². The molecule has 0 bridgehead atoms. The fourth-order valence-electron chi connectivity index (χ4n) is 3.95. The van der Waals surface area contributed by atoms with Crippen LogP contribution in [0.2, 0.25) is 0 Å². The van der Waals surface area contributed by atoms with Gasteiger partial charge in [0.05, 0.1) is 0 Å². The van der Waals surface area contributed by atoms with E-state index in [1.807, 2.05) is 6.07 Å². The van der Waals surface area contributed by atoms with Gasteiger partial charge in [-0.3, -0.25) is 9.59 Å². The maximum Gasteiger partial charge on any atom is 0.190 e. The Kier molecular flexibility index (Phi) is 9.03. The predicted molar refractivity (Wildman–Crippen MR) is 119 cm³/mol. The van der Waals surface area contributed by atoms with Crippen LogP contribution in [0.3, 0.4) is 0 Å². The lowest BCUT2D eigenvalue weighted by molar-refractivity contribution is 0.0973. The van der Waals surface area contributed by atoms with Gasteiger partial charge in [0.1, 0.15) is 0 Å². The molecule has 0 amide bonds. The molecular weight excluding hydrogens is 360 g/mol. The Morgan fingerprint density at radius 1 is 0.966 bits per heavy atom. The highest BCUT2D eigenvalue weighted by Crippen LogP contribution is 2.28. The van der Waals surface area contributed by atoms with Gasteiger partial charge in [0.15, 0.2) is 11.6 Å². The lowest BCUT2D eigenvalue weighted by Crippen LogP contribution is -2.20. The smallest absolute Gasteiger partial charge is 0.190 e. The summed E-state index contributed by atoms with van der Waals surface area (Å²) in [5.41, 5.74) is 3.57. The van der Waals surface area contributed by atoms with Gasteiger partial charge in [0.2, 0.25) is 0 Å². The zero-order chi connectivity index (χ0) is 21.4. The molecular formula is C26H36O3. The third kappa shape index (κ3) is 6.50. The average Bonchev–Trinajstić information content (AvgIpc) is 2.72. The summed E-state index contributed by atoms with van der Waals surface area (Å²) in [6, 6.07) is 7.11. The minimum Gasteiger partial charge on any atom is -0.396 e. The van der Waals surface area contributed by atoms with Crippen molar-refractivity contribution in [1.82, 2.24) is 0 Å². The van der Waals surface area contributed by atoms with Crippen molar-refractivity contribution in [3.05, 3.63) is 58.2 Å². The molecule has 0 spiro atoms. The molecule has 3 heteroatoms. The van der Waals surface area contributed by atoms with Crippen LogP contribution in [0.25, 0.3) is 0 Å². The molecule has 2 atom stereocenters. The van der Waals surface area contributed by atoms with E-state index in [2.05, 4.69) is 26.8 Å². The van der Waals surface area contributed by atoms with Gasteiger partial charge in [-0.1, -0.05) is 69.0 Å². The second-order valence-electron chi connectivity index (χ2n) is 8.78. The summed E-state index contributed by atoms with van der Waals surface area (Å²) in [6.07, 6.45) is 9.53. The first-order valence-corrected chi connectivity index (χ1v) is 11.0. The first kappa shape index (κ1) is 23.3. The van der Waals surface area contributed by atoms with Gasteiger partial charge < -0.3 is 5.11 Å². The molecule has 0 radical (unpaired) electrons. The molecule has 1 aliphatic rings. The van der Waals surface area contributed by atoms with Gasteiger partial charge in [0.25, 0.3) is 0 Å². The van der Waals surface area contributed by atoms with Gasteiger partial charge in [-0.2, -0.15) is 0 Å². The number of fused-ring (bicyclic) bond motifs is 1. The van der Waals surface area contributed by atoms with E-state index in [0.717, 1.165) is 19.3 Å². The summed E-state index contributed by atoms with van der Waals surface area (Å²) >= 11 is 0. The van der Waals surface area contributed by atoms with E-state index < -0.39 is 0 Å². The van der Waals surface area contributed by atoms with Crippen molar-refractivity contribution in [2.24, 2.45) is 11.8 Å². The number of ketones is 2. The van der Waals surface area contributed by atoms with Gasteiger partial charge >= 0.3 is 0 Å². The molecule has 1 aliphatic carbocycles. The zero-order valence-electron chi connectivity index (χ0n) is 18.5. The Morgan fingerprint density at radius 3 is 2.21 bits per heavy atom. The summed E-state index contributed by atoms with van der Waals surface area (Å²) in [5, 5.41) is 9.09. The minimum absolute atomic E-state index is 0.00696. The van der Waals surface area contributed by atoms with Crippen molar-refractivity contribution in [3.63, 3.8) is 0 Å². The van der Waals surface area contributed by atoms with Crippen molar-refractivity contribution >= 4 is 11.6 Å². The van der Waals surface area contributed by atoms with Gasteiger partial charge in [-0.15, -0.1) is 0 Å². The Balaban J connectivity index is 1.83. The lowest BCUT2D eigenvalue weighted by atomic mass is 9.83. The van der Waals surface area contributed by atoms with Crippen LogP contribution in [0, 0.1) is 11.8 Å². The van der Waals surface area contributed by atoms with E-state index in [1.165, 1.54) is 24.8 Å². The zero-order valence-corrected chi connectivity index (χ0v) is 18.5. The quantitative estimate of drug-likeness (QED) is 0.445. The van der Waals surface area contributed by atoms with Gasteiger partial charge in [0, 0.05) is 28.9 Å². The largest absolute Gasteiger partial charge is 0.396 e. The molecule has 1 N–H and O–H groups in total. The molecule has 0 fully saturated rings. The predicted octanol–water partition coefficient (Wildman–Crippen LogP) is 6.32. The molecule has 0 saturated heterocycles. The van der Waals surface area contributed by atoms with Crippen LogP contribution in [-0.4, -0.2) is 23.3 Å². The molecule has 158 valence electrons. The maximum atomic E-state index is 12.8. The lowest BCUT2D eigenvalue weighted by Gasteiger charge is -2.18. The highest BCUT2D eigenvalue weighted by atomic mass is 16.3. The maximum absolute atomic E-state index is 12.8. The Labute approximate surface area is 175 Å². The molecule has 1 aromatic rings. The number of carbonyl (C=O) groups is 2. The number of benzene rings is 1. The molecule has 3 nitrogen and oxygen atoms in total. The molecule has 29 heavy (non-hydrogen) atoms. The van der Waals surface area contributed by atoms with Gasteiger partial charge in [-0.25, -0.2) is 0 Å². The number of carbonyl (C=O) groups excluding carboxylic acids is 2. The summed E-state index contributed by atoms with van der Waals surface area (Å²) < 4.78 is 0. The molecule has 0 saturated carbocycles. The van der Waals surface area contributed by atoms with E-state index >= 15 is 0 Å². The number of aliphatic hydroxyl groups excluding tert-OH is 1. The van der Waals surface area contributed by atoms with E-state index in [-0.39, 0.29) is 18.2 Å². The van der Waals surface area contributed by atoms with E-state index in [1.54, 1.807) is 25.1 Å².